The summed E-state index contributed by atoms with van der Waals surface area (Å²) in [5.74, 6) is 3.43. The van der Waals surface area contributed by atoms with Crippen LogP contribution >= 0.6 is 23.4 Å². The molecule has 23 heavy (non-hydrogen) atoms. The number of carbonyl (C=O) groups is 1. The van der Waals surface area contributed by atoms with E-state index in [1.165, 1.54) is 12.8 Å². The van der Waals surface area contributed by atoms with Gasteiger partial charge in [0.1, 0.15) is 0 Å². The molecule has 1 aliphatic heterocycles. The second-order valence-corrected chi connectivity index (χ2v) is 7.72. The number of hydrogen-bond donors (Lipinski definition) is 1. The predicted molar refractivity (Wildman–Crippen MR) is 93.3 cm³/mol. The van der Waals surface area contributed by atoms with E-state index in [0.717, 1.165) is 30.1 Å². The number of amides is 1. The zero-order valence-corrected chi connectivity index (χ0v) is 14.8. The van der Waals surface area contributed by atoms with Crippen LogP contribution in [0.1, 0.15) is 38.2 Å². The van der Waals surface area contributed by atoms with E-state index in [9.17, 15) is 4.79 Å². The Labute approximate surface area is 146 Å². The first-order valence-corrected chi connectivity index (χ1v) is 9.60. The molecule has 1 fully saturated rings. The molecule has 0 unspecified atom stereocenters. The van der Waals surface area contributed by atoms with E-state index in [4.69, 9.17) is 21.1 Å². The molecule has 1 N–H and O–H groups in total. The van der Waals surface area contributed by atoms with E-state index in [0.29, 0.717) is 28.3 Å². The summed E-state index contributed by atoms with van der Waals surface area (Å²) in [6.07, 6.45) is 4.65. The molecule has 1 aliphatic carbocycles. The Balaban J connectivity index is 1.42. The van der Waals surface area contributed by atoms with Crippen molar-refractivity contribution in [3.05, 3.63) is 22.7 Å². The normalized spacial score (nSPS) is 22.9. The molecule has 1 amide bonds. The average Bonchev–Trinajstić information content (AvgIpc) is 2.99. The number of benzene rings is 1. The van der Waals surface area contributed by atoms with Gasteiger partial charge in [-0.15, -0.1) is 11.8 Å². The van der Waals surface area contributed by atoms with E-state index < -0.39 is 0 Å². The lowest BCUT2D eigenvalue weighted by Gasteiger charge is -2.26. The molecule has 1 aromatic rings. The van der Waals surface area contributed by atoms with Crippen molar-refractivity contribution in [1.82, 2.24) is 5.32 Å². The first-order chi connectivity index (χ1) is 11.1. The van der Waals surface area contributed by atoms with E-state index in [1.807, 2.05) is 12.1 Å². The quantitative estimate of drug-likeness (QED) is 0.867. The van der Waals surface area contributed by atoms with Crippen molar-refractivity contribution < 1.29 is 14.3 Å². The summed E-state index contributed by atoms with van der Waals surface area (Å²) >= 11 is 7.75. The second kappa shape index (κ2) is 7.67. The maximum absolute atomic E-state index is 12.0. The molecule has 4 nitrogen and oxygen atoms in total. The Morgan fingerprint density at radius 3 is 2.87 bits per heavy atom. The zero-order valence-electron chi connectivity index (χ0n) is 13.3. The topological polar surface area (TPSA) is 47.6 Å². The summed E-state index contributed by atoms with van der Waals surface area (Å²) < 4.78 is 10.7. The standard InChI is InChI=1S/C17H22ClNO3S/c1-11-2-4-13(5-3-11)19-16(20)9-23-8-12-6-14(18)17-15(7-12)21-10-22-17/h6-7,11,13H,2-5,8-10H2,1H3,(H,19,20). The Hall–Kier alpha value is -1.07. The van der Waals surface area contributed by atoms with Gasteiger partial charge >= 0.3 is 0 Å². The third-order valence-corrected chi connectivity index (χ3v) is 5.65. The molecule has 0 atom stereocenters. The monoisotopic (exact) mass is 355 g/mol. The molecule has 0 saturated heterocycles. The number of nitrogens with one attached hydrogen (secondary N) is 1. The minimum Gasteiger partial charge on any atom is -0.454 e. The average molecular weight is 356 g/mol. The van der Waals surface area contributed by atoms with Crippen molar-refractivity contribution in [2.75, 3.05) is 12.5 Å². The van der Waals surface area contributed by atoms with Crippen LogP contribution in [0.3, 0.4) is 0 Å². The van der Waals surface area contributed by atoms with Crippen LogP contribution in [0.5, 0.6) is 11.5 Å². The van der Waals surface area contributed by atoms with Crippen molar-refractivity contribution in [2.45, 2.75) is 44.4 Å². The number of halogens is 1. The number of ether oxygens (including phenoxy) is 2. The second-order valence-electron chi connectivity index (χ2n) is 6.33. The minimum atomic E-state index is 0.126. The van der Waals surface area contributed by atoms with E-state index in [2.05, 4.69) is 12.2 Å². The Kier molecular flexibility index (Phi) is 5.59. The maximum atomic E-state index is 12.0. The summed E-state index contributed by atoms with van der Waals surface area (Å²) in [7, 11) is 0. The van der Waals surface area contributed by atoms with Gasteiger partial charge in [0.15, 0.2) is 11.5 Å². The number of fused-ring (bicyclic) bond motifs is 1. The van der Waals surface area contributed by atoms with Crippen molar-refractivity contribution >= 4 is 29.3 Å². The molecule has 0 spiro atoms. The Morgan fingerprint density at radius 2 is 2.09 bits per heavy atom. The van der Waals surface area contributed by atoms with E-state index in [1.54, 1.807) is 11.8 Å². The maximum Gasteiger partial charge on any atom is 0.231 e. The molecule has 126 valence electrons. The van der Waals surface area contributed by atoms with Gasteiger partial charge in [-0.3, -0.25) is 4.79 Å². The van der Waals surface area contributed by atoms with Crippen LogP contribution in [0.15, 0.2) is 12.1 Å². The number of hydrogen-bond acceptors (Lipinski definition) is 4. The molecule has 1 aromatic carbocycles. The number of rotatable bonds is 5. The lowest BCUT2D eigenvalue weighted by Crippen LogP contribution is -2.38. The molecule has 1 saturated carbocycles. The van der Waals surface area contributed by atoms with Crippen LogP contribution in [0.2, 0.25) is 5.02 Å². The summed E-state index contributed by atoms with van der Waals surface area (Å²) in [5, 5.41) is 3.71. The van der Waals surface area contributed by atoms with Gasteiger partial charge in [-0.2, -0.15) is 0 Å². The van der Waals surface area contributed by atoms with Crippen molar-refractivity contribution in [3.63, 3.8) is 0 Å². The highest BCUT2D eigenvalue weighted by molar-refractivity contribution is 7.99. The highest BCUT2D eigenvalue weighted by atomic mass is 35.5. The van der Waals surface area contributed by atoms with Gasteiger partial charge in [0, 0.05) is 11.8 Å². The van der Waals surface area contributed by atoms with Crippen molar-refractivity contribution in [2.24, 2.45) is 5.92 Å². The fourth-order valence-corrected chi connectivity index (χ4v) is 4.10. The van der Waals surface area contributed by atoms with Gasteiger partial charge < -0.3 is 14.8 Å². The van der Waals surface area contributed by atoms with Gasteiger partial charge in [0.05, 0.1) is 10.8 Å². The van der Waals surface area contributed by atoms with Crippen LogP contribution in [-0.4, -0.2) is 24.5 Å². The molecule has 1 heterocycles. The van der Waals surface area contributed by atoms with Crippen LogP contribution in [0.4, 0.5) is 0 Å². The fourth-order valence-electron chi connectivity index (χ4n) is 3.04. The van der Waals surface area contributed by atoms with E-state index in [-0.39, 0.29) is 12.7 Å². The predicted octanol–water partition coefficient (Wildman–Crippen LogP) is 4.00. The van der Waals surface area contributed by atoms with Gasteiger partial charge in [0.25, 0.3) is 0 Å². The van der Waals surface area contributed by atoms with Crippen LogP contribution in [-0.2, 0) is 10.5 Å². The molecule has 3 rings (SSSR count). The van der Waals surface area contributed by atoms with Crippen molar-refractivity contribution in [3.8, 4) is 11.5 Å². The minimum absolute atomic E-state index is 0.126. The molecule has 0 radical (unpaired) electrons. The first-order valence-electron chi connectivity index (χ1n) is 8.07. The summed E-state index contributed by atoms with van der Waals surface area (Å²) in [5.41, 5.74) is 1.04. The highest BCUT2D eigenvalue weighted by Crippen LogP contribution is 2.40. The number of thioether (sulfide) groups is 1. The third-order valence-electron chi connectivity index (χ3n) is 4.37. The van der Waals surface area contributed by atoms with Crippen LogP contribution in [0, 0.1) is 5.92 Å². The van der Waals surface area contributed by atoms with Gasteiger partial charge in [-0.05, 0) is 49.3 Å². The smallest absolute Gasteiger partial charge is 0.231 e. The third kappa shape index (κ3) is 4.48. The molecule has 0 aromatic heterocycles. The van der Waals surface area contributed by atoms with Crippen LogP contribution in [0.25, 0.3) is 0 Å². The van der Waals surface area contributed by atoms with Crippen LogP contribution < -0.4 is 14.8 Å². The highest BCUT2D eigenvalue weighted by Gasteiger charge is 2.20. The van der Waals surface area contributed by atoms with Gasteiger partial charge in [-0.1, -0.05) is 18.5 Å². The fraction of sp³-hybridized carbons (Fsp3) is 0.588. The molecular formula is C17H22ClNO3S. The first kappa shape index (κ1) is 16.8. The summed E-state index contributed by atoms with van der Waals surface area (Å²) in [6.45, 7) is 2.50. The SMILES string of the molecule is CC1CCC(NC(=O)CSCc2cc(Cl)c3c(c2)OCO3)CC1. The van der Waals surface area contributed by atoms with Crippen molar-refractivity contribution in [1.29, 1.82) is 0 Å². The summed E-state index contributed by atoms with van der Waals surface area (Å²) in [4.78, 5) is 12.0. The lowest BCUT2D eigenvalue weighted by atomic mass is 9.87. The summed E-state index contributed by atoms with van der Waals surface area (Å²) in [6, 6.07) is 4.17. The Bertz CT molecular complexity index is 573. The lowest BCUT2D eigenvalue weighted by molar-refractivity contribution is -0.119. The van der Waals surface area contributed by atoms with Gasteiger partial charge in [-0.25, -0.2) is 0 Å². The number of carbonyl (C=O) groups excluding carboxylic acids is 1. The Morgan fingerprint density at radius 1 is 1.30 bits per heavy atom. The molecular weight excluding hydrogens is 334 g/mol. The zero-order chi connectivity index (χ0) is 16.2. The largest absolute Gasteiger partial charge is 0.454 e. The molecule has 0 bridgehead atoms. The van der Waals surface area contributed by atoms with E-state index >= 15 is 0 Å². The molecule has 2 aliphatic rings. The van der Waals surface area contributed by atoms with Gasteiger partial charge in [0.2, 0.25) is 12.7 Å². The molecule has 6 heteroatoms.